The van der Waals surface area contributed by atoms with E-state index in [1.54, 1.807) is 42.5 Å². The van der Waals surface area contributed by atoms with Crippen molar-refractivity contribution < 1.29 is 14.4 Å². The standard InChI is InChI=1S/C24H16Cl2N2O3/c25-20-9-5-4-6-16(20)14-17-11-10-15(13-21(17)26)12-19-22(29)27-24(31)28(23(19)30)18-7-2-1-3-8-18/h1-13H,14H2,(H,27,29,31)/b19-12+. The molecule has 1 N–H and O–H groups in total. The summed E-state index contributed by atoms with van der Waals surface area (Å²) < 4.78 is 0. The summed E-state index contributed by atoms with van der Waals surface area (Å²) >= 11 is 12.7. The fraction of sp³-hybridized carbons (Fsp3) is 0.0417. The van der Waals surface area contributed by atoms with Crippen LogP contribution in [0.3, 0.4) is 0 Å². The highest BCUT2D eigenvalue weighted by Gasteiger charge is 2.36. The number of carbonyl (C=O) groups excluding carboxylic acids is 3. The third-order valence-electron chi connectivity index (χ3n) is 4.84. The summed E-state index contributed by atoms with van der Waals surface area (Å²) in [5.74, 6) is -1.45. The van der Waals surface area contributed by atoms with Gasteiger partial charge in [-0.3, -0.25) is 14.9 Å². The molecular weight excluding hydrogens is 435 g/mol. The first-order chi connectivity index (χ1) is 14.9. The van der Waals surface area contributed by atoms with Crippen molar-refractivity contribution in [2.24, 2.45) is 0 Å². The Bertz CT molecular complexity index is 1220. The van der Waals surface area contributed by atoms with Crippen molar-refractivity contribution in [3.63, 3.8) is 0 Å². The molecule has 0 aliphatic carbocycles. The molecule has 0 aromatic heterocycles. The van der Waals surface area contributed by atoms with Crippen LogP contribution in [0.1, 0.15) is 16.7 Å². The minimum Gasteiger partial charge on any atom is -0.273 e. The van der Waals surface area contributed by atoms with Crippen LogP contribution in [0.2, 0.25) is 10.0 Å². The Hall–Kier alpha value is -3.41. The molecule has 5 nitrogen and oxygen atoms in total. The van der Waals surface area contributed by atoms with Crippen molar-refractivity contribution in [3.8, 4) is 0 Å². The Morgan fingerprint density at radius 2 is 1.48 bits per heavy atom. The number of hydrogen-bond acceptors (Lipinski definition) is 3. The molecule has 7 heteroatoms. The molecule has 0 unspecified atom stereocenters. The zero-order valence-electron chi connectivity index (χ0n) is 16.1. The number of hydrogen-bond donors (Lipinski definition) is 1. The third-order valence-corrected chi connectivity index (χ3v) is 5.56. The molecule has 3 aromatic carbocycles. The molecule has 0 spiro atoms. The highest BCUT2D eigenvalue weighted by atomic mass is 35.5. The Morgan fingerprint density at radius 3 is 2.19 bits per heavy atom. The second-order valence-corrected chi connectivity index (χ2v) is 7.73. The number of halogens is 2. The van der Waals surface area contributed by atoms with Crippen LogP contribution in [-0.4, -0.2) is 17.8 Å². The van der Waals surface area contributed by atoms with E-state index in [4.69, 9.17) is 23.2 Å². The van der Waals surface area contributed by atoms with Crippen LogP contribution in [0.15, 0.2) is 78.4 Å². The molecule has 1 aliphatic heterocycles. The van der Waals surface area contributed by atoms with Crippen molar-refractivity contribution in [3.05, 3.63) is 105 Å². The number of nitrogens with zero attached hydrogens (tertiary/aromatic N) is 1. The lowest BCUT2D eigenvalue weighted by Gasteiger charge is -2.26. The summed E-state index contributed by atoms with van der Waals surface area (Å²) in [6.45, 7) is 0. The molecular formula is C24H16Cl2N2O3. The van der Waals surface area contributed by atoms with Gasteiger partial charge in [-0.25, -0.2) is 9.69 Å². The first-order valence-electron chi connectivity index (χ1n) is 9.42. The van der Waals surface area contributed by atoms with Crippen LogP contribution in [0.5, 0.6) is 0 Å². The van der Waals surface area contributed by atoms with E-state index in [2.05, 4.69) is 5.32 Å². The maximum Gasteiger partial charge on any atom is 0.335 e. The first kappa shape index (κ1) is 20.8. The molecule has 0 bridgehead atoms. The molecule has 0 atom stereocenters. The van der Waals surface area contributed by atoms with Crippen LogP contribution < -0.4 is 10.2 Å². The first-order valence-corrected chi connectivity index (χ1v) is 10.2. The summed E-state index contributed by atoms with van der Waals surface area (Å²) in [7, 11) is 0. The van der Waals surface area contributed by atoms with E-state index >= 15 is 0 Å². The van der Waals surface area contributed by atoms with Gasteiger partial charge >= 0.3 is 6.03 Å². The average Bonchev–Trinajstić information content (AvgIpc) is 2.75. The fourth-order valence-corrected chi connectivity index (χ4v) is 3.74. The molecule has 0 radical (unpaired) electrons. The van der Waals surface area contributed by atoms with Gasteiger partial charge in [0.05, 0.1) is 5.69 Å². The summed E-state index contributed by atoms with van der Waals surface area (Å²) in [6.07, 6.45) is 1.97. The number of anilines is 1. The van der Waals surface area contributed by atoms with E-state index < -0.39 is 17.8 Å². The van der Waals surface area contributed by atoms with Crippen LogP contribution in [0.25, 0.3) is 6.08 Å². The topological polar surface area (TPSA) is 66.5 Å². The summed E-state index contributed by atoms with van der Waals surface area (Å²) in [5, 5.41) is 3.34. The van der Waals surface area contributed by atoms with E-state index in [0.717, 1.165) is 16.0 Å². The molecule has 1 fully saturated rings. The predicted octanol–water partition coefficient (Wildman–Crippen LogP) is 5.25. The lowest BCUT2D eigenvalue weighted by Crippen LogP contribution is -2.54. The van der Waals surface area contributed by atoms with Gasteiger partial charge in [0.2, 0.25) is 0 Å². The van der Waals surface area contributed by atoms with Gasteiger partial charge in [-0.15, -0.1) is 0 Å². The van der Waals surface area contributed by atoms with Gasteiger partial charge in [-0.2, -0.15) is 0 Å². The summed E-state index contributed by atoms with van der Waals surface area (Å²) in [4.78, 5) is 38.4. The van der Waals surface area contributed by atoms with Gasteiger partial charge in [0.1, 0.15) is 5.57 Å². The van der Waals surface area contributed by atoms with Crippen molar-refractivity contribution in [1.29, 1.82) is 0 Å². The second kappa shape index (κ2) is 8.76. The van der Waals surface area contributed by atoms with Crippen LogP contribution in [0.4, 0.5) is 10.5 Å². The molecule has 4 amide bonds. The van der Waals surface area contributed by atoms with Crippen molar-refractivity contribution in [2.75, 3.05) is 4.90 Å². The molecule has 154 valence electrons. The number of amides is 4. The maximum absolute atomic E-state index is 12.9. The van der Waals surface area contributed by atoms with E-state index in [9.17, 15) is 14.4 Å². The number of barbiturate groups is 1. The number of urea groups is 1. The smallest absolute Gasteiger partial charge is 0.273 e. The Labute approximate surface area is 188 Å². The number of rotatable bonds is 4. The van der Waals surface area contributed by atoms with Gasteiger partial charge in [-0.05, 0) is 47.0 Å². The monoisotopic (exact) mass is 450 g/mol. The summed E-state index contributed by atoms with van der Waals surface area (Å²) in [6, 6.07) is 20.4. The van der Waals surface area contributed by atoms with E-state index in [0.29, 0.717) is 27.7 Å². The largest absolute Gasteiger partial charge is 0.335 e. The van der Waals surface area contributed by atoms with Crippen molar-refractivity contribution in [1.82, 2.24) is 5.32 Å². The third kappa shape index (κ3) is 4.38. The van der Waals surface area contributed by atoms with Gasteiger partial charge in [0, 0.05) is 16.5 Å². The SMILES string of the molecule is O=C1NC(=O)N(c2ccccc2)C(=O)/C1=C/c1ccc(Cc2ccccc2Cl)c(Cl)c1. The maximum atomic E-state index is 12.9. The highest BCUT2D eigenvalue weighted by Crippen LogP contribution is 2.27. The van der Waals surface area contributed by atoms with Gasteiger partial charge in [0.25, 0.3) is 11.8 Å². The van der Waals surface area contributed by atoms with E-state index in [-0.39, 0.29) is 5.57 Å². The van der Waals surface area contributed by atoms with Gasteiger partial charge < -0.3 is 0 Å². The quantitative estimate of drug-likeness (QED) is 0.435. The molecule has 3 aromatic rings. The predicted molar refractivity (Wildman–Crippen MR) is 121 cm³/mol. The molecule has 1 aliphatic rings. The van der Waals surface area contributed by atoms with Crippen molar-refractivity contribution in [2.45, 2.75) is 6.42 Å². The van der Waals surface area contributed by atoms with Gasteiger partial charge in [0.15, 0.2) is 0 Å². The second-order valence-electron chi connectivity index (χ2n) is 6.91. The highest BCUT2D eigenvalue weighted by molar-refractivity contribution is 6.39. The molecule has 31 heavy (non-hydrogen) atoms. The summed E-state index contributed by atoms with van der Waals surface area (Å²) in [5.41, 5.74) is 2.58. The minimum atomic E-state index is -0.786. The molecule has 1 saturated heterocycles. The minimum absolute atomic E-state index is 0.154. The number of para-hydroxylation sites is 1. The zero-order chi connectivity index (χ0) is 22.0. The Morgan fingerprint density at radius 1 is 0.806 bits per heavy atom. The molecule has 0 saturated carbocycles. The lowest BCUT2D eigenvalue weighted by molar-refractivity contribution is -0.122. The normalized spacial score (nSPS) is 15.4. The van der Waals surface area contributed by atoms with E-state index in [1.807, 2.05) is 30.3 Å². The van der Waals surface area contributed by atoms with Crippen LogP contribution in [-0.2, 0) is 16.0 Å². The fourth-order valence-electron chi connectivity index (χ4n) is 3.28. The Kier molecular flexibility index (Phi) is 5.89. The lowest BCUT2D eigenvalue weighted by atomic mass is 10.0. The zero-order valence-corrected chi connectivity index (χ0v) is 17.7. The number of carbonyl (C=O) groups is 3. The van der Waals surface area contributed by atoms with Gasteiger partial charge in [-0.1, -0.05) is 71.7 Å². The molecule has 1 heterocycles. The van der Waals surface area contributed by atoms with Crippen molar-refractivity contribution >= 4 is 52.8 Å². The number of benzene rings is 3. The van der Waals surface area contributed by atoms with Crippen LogP contribution >= 0.6 is 23.2 Å². The average molecular weight is 451 g/mol. The Balaban J connectivity index is 1.63. The molecule has 4 rings (SSSR count). The number of nitrogens with one attached hydrogen (secondary N) is 1. The number of imide groups is 2. The van der Waals surface area contributed by atoms with Crippen LogP contribution in [0, 0.1) is 0 Å². The van der Waals surface area contributed by atoms with E-state index in [1.165, 1.54) is 6.08 Å².